The maximum absolute atomic E-state index is 13.6. The second kappa shape index (κ2) is 14.5. The molecule has 0 saturated carbocycles. The van der Waals surface area contributed by atoms with Crippen LogP contribution in [0.25, 0.3) is 0 Å². The van der Waals surface area contributed by atoms with Crippen molar-refractivity contribution >= 4 is 17.5 Å². The lowest BCUT2D eigenvalue weighted by molar-refractivity contribution is -0.138. The third-order valence-corrected chi connectivity index (χ3v) is 11.5. The average Bonchev–Trinajstić information content (AvgIpc) is 3.15. The van der Waals surface area contributed by atoms with Crippen molar-refractivity contribution < 1.29 is 18.0 Å². The van der Waals surface area contributed by atoms with Gasteiger partial charge in [-0.15, -0.1) is 0 Å². The Morgan fingerprint density at radius 3 is 2.33 bits per heavy atom. The zero-order valence-corrected chi connectivity index (χ0v) is 27.4. The van der Waals surface area contributed by atoms with Gasteiger partial charge in [0.15, 0.2) is 0 Å². The summed E-state index contributed by atoms with van der Waals surface area (Å²) in [5.41, 5.74) is 3.88. The first-order chi connectivity index (χ1) is 22.2. The molecule has 0 spiro atoms. The number of likely N-dealkylation sites (tertiary alicyclic amines) is 1. The SMILES string of the molecule is N#Cc1ccc(CC2C3=C(CC3)C2C2CCN(C(=O)CCCN3CCCCC(c4ccc(Cl)cc4)CCC3)CC2)cc1C(F)(F)F. The van der Waals surface area contributed by atoms with Gasteiger partial charge in [0.2, 0.25) is 5.91 Å². The molecule has 2 aliphatic carbocycles. The minimum Gasteiger partial charge on any atom is -0.343 e. The van der Waals surface area contributed by atoms with Gasteiger partial charge in [-0.1, -0.05) is 47.4 Å². The van der Waals surface area contributed by atoms with Crippen LogP contribution < -0.4 is 0 Å². The summed E-state index contributed by atoms with van der Waals surface area (Å²) in [6, 6.07) is 14.2. The van der Waals surface area contributed by atoms with Gasteiger partial charge in [0, 0.05) is 24.5 Å². The number of rotatable bonds is 8. The lowest BCUT2D eigenvalue weighted by Crippen LogP contribution is -2.47. The summed E-state index contributed by atoms with van der Waals surface area (Å²) in [6.45, 7) is 4.72. The van der Waals surface area contributed by atoms with Crippen molar-refractivity contribution in [3.8, 4) is 6.07 Å². The number of nitrogens with zero attached hydrogens (tertiary/aromatic N) is 3. The number of nitriles is 1. The van der Waals surface area contributed by atoms with Crippen LogP contribution in [0, 0.1) is 29.1 Å². The molecule has 0 bridgehead atoms. The number of benzene rings is 2. The summed E-state index contributed by atoms with van der Waals surface area (Å²) >= 11 is 6.10. The Morgan fingerprint density at radius 1 is 0.913 bits per heavy atom. The number of carbonyl (C=O) groups excluding carboxylic acids is 1. The quantitative estimate of drug-likeness (QED) is 0.268. The molecule has 2 saturated heterocycles. The van der Waals surface area contributed by atoms with Crippen molar-refractivity contribution in [3.63, 3.8) is 0 Å². The predicted molar refractivity (Wildman–Crippen MR) is 175 cm³/mol. The topological polar surface area (TPSA) is 47.3 Å². The Bertz CT molecular complexity index is 1460. The molecule has 6 rings (SSSR count). The molecule has 2 heterocycles. The number of hydrogen-bond acceptors (Lipinski definition) is 3. The first-order valence-electron chi connectivity index (χ1n) is 17.3. The highest BCUT2D eigenvalue weighted by Crippen LogP contribution is 2.58. The zero-order valence-electron chi connectivity index (χ0n) is 26.6. The van der Waals surface area contributed by atoms with E-state index in [1.807, 2.05) is 17.0 Å². The number of hydrogen-bond donors (Lipinski definition) is 0. The van der Waals surface area contributed by atoms with E-state index in [1.165, 1.54) is 60.9 Å². The molecule has 2 aliphatic heterocycles. The molecule has 0 radical (unpaired) electrons. The summed E-state index contributed by atoms with van der Waals surface area (Å²) in [6.07, 6.45) is 7.63. The number of carbonyl (C=O) groups is 1. The summed E-state index contributed by atoms with van der Waals surface area (Å²) in [4.78, 5) is 17.8. The van der Waals surface area contributed by atoms with Crippen LogP contribution in [0.1, 0.15) is 98.8 Å². The molecule has 4 aliphatic rings. The molecule has 2 fully saturated rings. The predicted octanol–water partition coefficient (Wildman–Crippen LogP) is 9.18. The summed E-state index contributed by atoms with van der Waals surface area (Å²) in [5, 5.41) is 9.95. The summed E-state index contributed by atoms with van der Waals surface area (Å²) in [7, 11) is 0. The van der Waals surface area contributed by atoms with Crippen molar-refractivity contribution in [2.75, 3.05) is 32.7 Å². The van der Waals surface area contributed by atoms with Crippen LogP contribution in [0.4, 0.5) is 13.2 Å². The van der Waals surface area contributed by atoms with E-state index in [0.717, 1.165) is 69.9 Å². The van der Waals surface area contributed by atoms with Crippen LogP contribution >= 0.6 is 11.6 Å². The fraction of sp³-hybridized carbons (Fsp3) is 0.579. The highest BCUT2D eigenvalue weighted by atomic mass is 35.5. The lowest BCUT2D eigenvalue weighted by atomic mass is 9.52. The van der Waals surface area contributed by atoms with E-state index < -0.39 is 11.7 Å². The zero-order chi connectivity index (χ0) is 32.3. The molecule has 0 N–H and O–H groups in total. The molecule has 2 aromatic carbocycles. The standard InChI is InChI=1S/C38H45ClF3N3O/c39-31-12-10-28(11-13-31)27-5-1-2-18-44(19-3-6-27)20-4-7-36(46)45-21-16-29(17-22-45)37-33-15-14-32(33)34(37)23-26-8-9-30(25-43)35(24-26)38(40,41)42/h8-13,24,27,29,34,37H,1-7,14-23H2. The Morgan fingerprint density at radius 2 is 1.63 bits per heavy atom. The maximum atomic E-state index is 13.6. The van der Waals surface area contributed by atoms with Crippen LogP contribution in [-0.4, -0.2) is 48.4 Å². The first-order valence-corrected chi connectivity index (χ1v) is 17.7. The van der Waals surface area contributed by atoms with Crippen molar-refractivity contribution in [2.45, 2.75) is 89.1 Å². The van der Waals surface area contributed by atoms with Gasteiger partial charge in [-0.05, 0) is 143 Å². The van der Waals surface area contributed by atoms with Crippen LogP contribution in [0.3, 0.4) is 0 Å². The van der Waals surface area contributed by atoms with Gasteiger partial charge in [-0.25, -0.2) is 0 Å². The lowest BCUT2D eigenvalue weighted by Gasteiger charge is -2.54. The minimum atomic E-state index is -4.53. The fourth-order valence-electron chi connectivity index (χ4n) is 8.70. The van der Waals surface area contributed by atoms with Gasteiger partial charge in [0.25, 0.3) is 0 Å². The fourth-order valence-corrected chi connectivity index (χ4v) is 8.83. The smallest absolute Gasteiger partial charge is 0.343 e. The van der Waals surface area contributed by atoms with E-state index in [4.69, 9.17) is 16.9 Å². The molecule has 3 atom stereocenters. The average molecular weight is 652 g/mol. The molecule has 246 valence electrons. The molecule has 4 nitrogen and oxygen atoms in total. The van der Waals surface area contributed by atoms with Crippen molar-refractivity contribution in [3.05, 3.63) is 80.9 Å². The molecule has 2 aromatic rings. The highest BCUT2D eigenvalue weighted by molar-refractivity contribution is 6.30. The van der Waals surface area contributed by atoms with Crippen LogP contribution in [0.5, 0.6) is 0 Å². The third-order valence-electron chi connectivity index (χ3n) is 11.2. The van der Waals surface area contributed by atoms with Gasteiger partial charge in [-0.2, -0.15) is 18.4 Å². The maximum Gasteiger partial charge on any atom is 0.417 e. The van der Waals surface area contributed by atoms with Crippen LogP contribution in [0.15, 0.2) is 53.6 Å². The van der Waals surface area contributed by atoms with Crippen molar-refractivity contribution in [1.29, 1.82) is 5.26 Å². The molecular formula is C38H45ClF3N3O. The van der Waals surface area contributed by atoms with Crippen molar-refractivity contribution in [2.24, 2.45) is 17.8 Å². The first kappa shape index (κ1) is 33.1. The molecule has 8 heteroatoms. The van der Waals surface area contributed by atoms with Crippen LogP contribution in [-0.2, 0) is 17.4 Å². The number of piperidine rings is 1. The third kappa shape index (κ3) is 7.50. The Labute approximate surface area is 276 Å². The monoisotopic (exact) mass is 651 g/mol. The van der Waals surface area contributed by atoms with Gasteiger partial charge in [0.1, 0.15) is 0 Å². The summed E-state index contributed by atoms with van der Waals surface area (Å²) < 4.78 is 40.7. The number of allylic oxidation sites excluding steroid dienone is 2. The second-order valence-electron chi connectivity index (χ2n) is 13.9. The Kier molecular flexibility index (Phi) is 10.4. The van der Waals surface area contributed by atoms with E-state index in [9.17, 15) is 18.0 Å². The van der Waals surface area contributed by atoms with Gasteiger partial charge >= 0.3 is 6.18 Å². The van der Waals surface area contributed by atoms with Gasteiger partial charge in [0.05, 0.1) is 17.2 Å². The van der Waals surface area contributed by atoms with Gasteiger partial charge < -0.3 is 9.80 Å². The molecule has 1 amide bonds. The van der Waals surface area contributed by atoms with E-state index in [1.54, 1.807) is 12.1 Å². The normalized spacial score (nSPS) is 24.6. The number of alkyl halides is 3. The van der Waals surface area contributed by atoms with Gasteiger partial charge in [-0.3, -0.25) is 4.79 Å². The summed E-state index contributed by atoms with van der Waals surface area (Å²) in [5.74, 6) is 2.05. The Balaban J connectivity index is 0.947. The number of halogens is 4. The number of amides is 1. The largest absolute Gasteiger partial charge is 0.417 e. The van der Waals surface area contributed by atoms with E-state index in [2.05, 4.69) is 17.0 Å². The van der Waals surface area contributed by atoms with E-state index in [-0.39, 0.29) is 17.4 Å². The molecule has 3 unspecified atom stereocenters. The highest BCUT2D eigenvalue weighted by Gasteiger charge is 2.48. The Hall–Kier alpha value is -2.82. The van der Waals surface area contributed by atoms with Crippen LogP contribution in [0.2, 0.25) is 5.02 Å². The molecular weight excluding hydrogens is 607 g/mol. The van der Waals surface area contributed by atoms with Crippen molar-refractivity contribution in [1.82, 2.24) is 9.80 Å². The minimum absolute atomic E-state index is 0.261. The van der Waals surface area contributed by atoms with E-state index in [0.29, 0.717) is 36.2 Å². The second-order valence-corrected chi connectivity index (χ2v) is 14.4. The van der Waals surface area contributed by atoms with E-state index >= 15 is 0 Å². The molecule has 46 heavy (non-hydrogen) atoms. The molecule has 0 aromatic heterocycles.